The SMILES string of the molecule is CCCCCCCCCCCCCCCCCCCCCCCCC(O)C(=O)N[C@H](CO[C@H]1O[C@H](CO)[C@H](O)[C@H](O)[C@H]1O)[C@H](O)[C@H](O)CCCCCCCCCCCCCC. The van der Waals surface area contributed by atoms with Crippen LogP contribution in [0.2, 0.25) is 0 Å². The highest BCUT2D eigenvalue weighted by Gasteiger charge is 2.44. The van der Waals surface area contributed by atoms with E-state index in [4.69, 9.17) is 9.47 Å². The average molecular weight is 874 g/mol. The summed E-state index contributed by atoms with van der Waals surface area (Å²) in [6.07, 6.45) is 31.6. The number of ether oxygens (including phenoxy) is 2. The van der Waals surface area contributed by atoms with Gasteiger partial charge in [0.15, 0.2) is 6.29 Å². The molecule has 9 atom stereocenters. The average Bonchev–Trinajstić information content (AvgIpc) is 3.26. The van der Waals surface area contributed by atoms with Gasteiger partial charge in [0.25, 0.3) is 0 Å². The molecular formula is C50H99NO10. The second kappa shape index (κ2) is 40.6. The van der Waals surface area contributed by atoms with Crippen molar-refractivity contribution in [3.63, 3.8) is 0 Å². The van der Waals surface area contributed by atoms with Gasteiger partial charge in [-0.2, -0.15) is 0 Å². The summed E-state index contributed by atoms with van der Waals surface area (Å²) in [6.45, 7) is 3.46. The maximum Gasteiger partial charge on any atom is 0.249 e. The Balaban J connectivity index is 2.32. The van der Waals surface area contributed by atoms with Crippen molar-refractivity contribution in [1.29, 1.82) is 0 Å². The van der Waals surface area contributed by atoms with Gasteiger partial charge in [-0.25, -0.2) is 0 Å². The highest BCUT2D eigenvalue weighted by Crippen LogP contribution is 2.23. The van der Waals surface area contributed by atoms with Crippen molar-refractivity contribution in [3.8, 4) is 0 Å². The summed E-state index contributed by atoms with van der Waals surface area (Å²) in [7, 11) is 0. The number of carbonyl (C=O) groups is 1. The van der Waals surface area contributed by atoms with Gasteiger partial charge in [0.1, 0.15) is 36.6 Å². The Kier molecular flexibility index (Phi) is 38.7. The van der Waals surface area contributed by atoms with Gasteiger partial charge in [-0.3, -0.25) is 4.79 Å². The quantitative estimate of drug-likeness (QED) is 0.0274. The standard InChI is InChI=1S/C50H99NO10/c1-3-5-7-9-11-13-15-17-18-19-20-21-22-23-24-25-26-28-30-32-34-36-38-43(54)49(59)51-41(40-60-50-48(58)47(57)46(56)44(39-52)61-50)45(55)42(53)37-35-33-31-29-27-16-14-12-10-8-6-4-2/h41-48,50,52-58H,3-40H2,1-2H3,(H,51,59)/t41-,42-,43?,44-,45+,46+,47+,48-,50+/m1/s1. The van der Waals surface area contributed by atoms with Gasteiger partial charge in [0, 0.05) is 0 Å². The molecule has 1 saturated heterocycles. The van der Waals surface area contributed by atoms with E-state index < -0.39 is 74.2 Å². The van der Waals surface area contributed by atoms with E-state index in [0.717, 1.165) is 38.5 Å². The van der Waals surface area contributed by atoms with E-state index in [2.05, 4.69) is 19.2 Å². The van der Waals surface area contributed by atoms with Crippen molar-refractivity contribution >= 4 is 5.91 Å². The molecule has 0 spiro atoms. The Morgan fingerprint density at radius 1 is 0.508 bits per heavy atom. The minimum absolute atomic E-state index is 0.267. The van der Waals surface area contributed by atoms with Crippen molar-refractivity contribution < 1.29 is 50.0 Å². The lowest BCUT2D eigenvalue weighted by Crippen LogP contribution is -2.60. The zero-order valence-electron chi connectivity index (χ0n) is 39.4. The fourth-order valence-corrected chi connectivity index (χ4v) is 8.62. The largest absolute Gasteiger partial charge is 0.394 e. The molecule has 1 aliphatic rings. The van der Waals surface area contributed by atoms with Crippen LogP contribution in [-0.4, -0.2) is 110 Å². The maximum absolute atomic E-state index is 13.1. The number of hydrogen-bond donors (Lipinski definition) is 8. The van der Waals surface area contributed by atoms with Crippen LogP contribution in [0.1, 0.15) is 245 Å². The van der Waals surface area contributed by atoms with Crippen LogP contribution in [0.15, 0.2) is 0 Å². The van der Waals surface area contributed by atoms with Crippen LogP contribution in [0, 0.1) is 0 Å². The second-order valence-electron chi connectivity index (χ2n) is 18.6. The summed E-state index contributed by atoms with van der Waals surface area (Å²) < 4.78 is 11.1. The number of aliphatic hydroxyl groups excluding tert-OH is 7. The Labute approximate surface area is 373 Å². The molecule has 364 valence electrons. The summed E-state index contributed by atoms with van der Waals surface area (Å²) in [5.41, 5.74) is 0. The molecule has 0 aromatic carbocycles. The van der Waals surface area contributed by atoms with Crippen LogP contribution < -0.4 is 5.32 Å². The Morgan fingerprint density at radius 2 is 0.852 bits per heavy atom. The molecule has 0 radical (unpaired) electrons. The number of nitrogens with one attached hydrogen (secondary N) is 1. The second-order valence-corrected chi connectivity index (χ2v) is 18.6. The third-order valence-corrected chi connectivity index (χ3v) is 12.9. The first kappa shape index (κ1) is 58.1. The van der Waals surface area contributed by atoms with Crippen LogP contribution in [0.3, 0.4) is 0 Å². The smallest absolute Gasteiger partial charge is 0.249 e. The topological polar surface area (TPSA) is 189 Å². The van der Waals surface area contributed by atoms with Gasteiger partial charge < -0.3 is 50.5 Å². The molecule has 1 unspecified atom stereocenters. The van der Waals surface area contributed by atoms with Crippen LogP contribution in [0.4, 0.5) is 0 Å². The molecule has 11 nitrogen and oxygen atoms in total. The van der Waals surface area contributed by atoms with Gasteiger partial charge in [-0.05, 0) is 12.8 Å². The number of aliphatic hydroxyl groups is 7. The summed E-state index contributed by atoms with van der Waals surface area (Å²) in [4.78, 5) is 13.1. The van der Waals surface area contributed by atoms with Crippen molar-refractivity contribution in [3.05, 3.63) is 0 Å². The molecule has 0 bridgehead atoms. The highest BCUT2D eigenvalue weighted by molar-refractivity contribution is 5.80. The molecule has 1 rings (SSSR count). The first-order valence-corrected chi connectivity index (χ1v) is 25.9. The Bertz CT molecular complexity index is 959. The van der Waals surface area contributed by atoms with E-state index in [-0.39, 0.29) is 6.42 Å². The van der Waals surface area contributed by atoms with E-state index in [0.29, 0.717) is 19.3 Å². The van der Waals surface area contributed by atoms with Gasteiger partial charge in [-0.1, -0.05) is 232 Å². The Morgan fingerprint density at radius 3 is 1.21 bits per heavy atom. The lowest BCUT2D eigenvalue weighted by Gasteiger charge is -2.40. The molecule has 1 fully saturated rings. The molecular weight excluding hydrogens is 775 g/mol. The molecule has 0 aliphatic carbocycles. The van der Waals surface area contributed by atoms with E-state index in [9.17, 15) is 40.5 Å². The van der Waals surface area contributed by atoms with E-state index in [1.165, 1.54) is 167 Å². The fourth-order valence-electron chi connectivity index (χ4n) is 8.62. The van der Waals surface area contributed by atoms with Crippen LogP contribution >= 0.6 is 0 Å². The molecule has 0 saturated carbocycles. The normalized spacial score (nSPS) is 21.4. The Hall–Kier alpha value is -0.890. The molecule has 0 aromatic rings. The van der Waals surface area contributed by atoms with E-state index in [1.54, 1.807) is 0 Å². The minimum atomic E-state index is -1.66. The summed E-state index contributed by atoms with van der Waals surface area (Å²) >= 11 is 0. The molecule has 1 aliphatic heterocycles. The summed E-state index contributed by atoms with van der Waals surface area (Å²) in [5, 5.41) is 75.8. The zero-order valence-corrected chi connectivity index (χ0v) is 39.4. The number of unbranched alkanes of at least 4 members (excludes halogenated alkanes) is 32. The number of amides is 1. The van der Waals surface area contributed by atoms with E-state index in [1.807, 2.05) is 0 Å². The summed E-state index contributed by atoms with van der Waals surface area (Å²) in [6, 6.07) is -1.16. The fraction of sp³-hybridized carbons (Fsp3) is 0.980. The molecule has 0 aromatic heterocycles. The van der Waals surface area contributed by atoms with Crippen LogP contribution in [-0.2, 0) is 14.3 Å². The summed E-state index contributed by atoms with van der Waals surface area (Å²) in [5.74, 6) is -0.692. The van der Waals surface area contributed by atoms with Gasteiger partial charge in [0.2, 0.25) is 5.91 Å². The minimum Gasteiger partial charge on any atom is -0.394 e. The van der Waals surface area contributed by atoms with Gasteiger partial charge in [0.05, 0.1) is 25.4 Å². The van der Waals surface area contributed by atoms with E-state index >= 15 is 0 Å². The van der Waals surface area contributed by atoms with Crippen molar-refractivity contribution in [1.82, 2.24) is 5.32 Å². The highest BCUT2D eigenvalue weighted by atomic mass is 16.7. The van der Waals surface area contributed by atoms with Crippen molar-refractivity contribution in [2.45, 2.75) is 300 Å². The van der Waals surface area contributed by atoms with Crippen LogP contribution in [0.25, 0.3) is 0 Å². The molecule has 1 heterocycles. The number of rotatable bonds is 44. The molecule has 11 heteroatoms. The van der Waals surface area contributed by atoms with Crippen molar-refractivity contribution in [2.24, 2.45) is 0 Å². The first-order chi connectivity index (χ1) is 29.7. The zero-order chi connectivity index (χ0) is 44.8. The maximum atomic E-state index is 13.1. The molecule has 1 amide bonds. The van der Waals surface area contributed by atoms with Gasteiger partial charge in [-0.15, -0.1) is 0 Å². The number of hydrogen-bond acceptors (Lipinski definition) is 10. The monoisotopic (exact) mass is 874 g/mol. The third kappa shape index (κ3) is 30.0. The first-order valence-electron chi connectivity index (χ1n) is 25.9. The predicted octanol–water partition coefficient (Wildman–Crippen LogP) is 9.45. The van der Waals surface area contributed by atoms with Crippen LogP contribution in [0.5, 0.6) is 0 Å². The van der Waals surface area contributed by atoms with Crippen molar-refractivity contribution in [2.75, 3.05) is 13.2 Å². The third-order valence-electron chi connectivity index (χ3n) is 12.9. The lowest BCUT2D eigenvalue weighted by atomic mass is 9.98. The predicted molar refractivity (Wildman–Crippen MR) is 247 cm³/mol. The molecule has 8 N–H and O–H groups in total. The molecule has 61 heavy (non-hydrogen) atoms. The number of carbonyl (C=O) groups excluding carboxylic acids is 1. The van der Waals surface area contributed by atoms with Gasteiger partial charge >= 0.3 is 0 Å². The lowest BCUT2D eigenvalue weighted by molar-refractivity contribution is -0.303.